The van der Waals surface area contributed by atoms with Crippen LogP contribution in [0.5, 0.6) is 0 Å². The number of hydrogen-bond acceptors (Lipinski definition) is 4. The number of ether oxygens (including phenoxy) is 1. The third-order valence-electron chi connectivity index (χ3n) is 4.63. The molecular formula is C22H23NO4. The number of carbonyl (C=O) groups is 2. The predicted molar refractivity (Wildman–Crippen MR) is 105 cm³/mol. The van der Waals surface area contributed by atoms with Gasteiger partial charge in [0.2, 0.25) is 5.76 Å². The van der Waals surface area contributed by atoms with E-state index in [2.05, 4.69) is 5.32 Å². The molecule has 3 aromatic rings. The molecule has 0 unspecified atom stereocenters. The molecule has 0 fully saturated rings. The van der Waals surface area contributed by atoms with E-state index in [0.717, 1.165) is 35.0 Å². The topological polar surface area (TPSA) is 68.5 Å². The van der Waals surface area contributed by atoms with E-state index in [1.165, 1.54) is 0 Å². The first kappa shape index (κ1) is 18.7. The Balaban J connectivity index is 1.69. The summed E-state index contributed by atoms with van der Waals surface area (Å²) >= 11 is 0. The van der Waals surface area contributed by atoms with Crippen LogP contribution >= 0.6 is 0 Å². The maximum absolute atomic E-state index is 12.3. The minimum Gasteiger partial charge on any atom is -0.450 e. The monoisotopic (exact) mass is 365 g/mol. The number of fused-ring (bicyclic) bond motifs is 1. The highest BCUT2D eigenvalue weighted by Crippen LogP contribution is 2.26. The first-order chi connectivity index (χ1) is 13.0. The molecular weight excluding hydrogens is 342 g/mol. The molecule has 0 aliphatic rings. The van der Waals surface area contributed by atoms with Crippen LogP contribution in [0.4, 0.5) is 5.69 Å². The highest BCUT2D eigenvalue weighted by Gasteiger charge is 2.20. The Bertz CT molecular complexity index is 965. The Hall–Kier alpha value is -3.08. The predicted octanol–water partition coefficient (Wildman–Crippen LogP) is 4.66. The summed E-state index contributed by atoms with van der Waals surface area (Å²) in [5.74, 6) is -0.877. The van der Waals surface area contributed by atoms with Crippen molar-refractivity contribution in [1.29, 1.82) is 0 Å². The molecule has 0 aliphatic heterocycles. The summed E-state index contributed by atoms with van der Waals surface area (Å²) in [5, 5.41) is 3.74. The van der Waals surface area contributed by atoms with Crippen LogP contribution in [0.2, 0.25) is 0 Å². The van der Waals surface area contributed by atoms with Crippen LogP contribution < -0.4 is 5.32 Å². The quantitative estimate of drug-likeness (QED) is 0.645. The minimum atomic E-state index is -0.640. The third kappa shape index (κ3) is 3.87. The van der Waals surface area contributed by atoms with E-state index in [9.17, 15) is 9.59 Å². The molecule has 140 valence electrons. The smallest absolute Gasteiger partial charge is 0.375 e. The second-order valence-electron chi connectivity index (χ2n) is 6.34. The summed E-state index contributed by atoms with van der Waals surface area (Å²) in [7, 11) is 0. The van der Waals surface area contributed by atoms with E-state index < -0.39 is 5.97 Å². The van der Waals surface area contributed by atoms with Crippen LogP contribution in [-0.4, -0.2) is 18.5 Å². The minimum absolute atomic E-state index is 0.132. The first-order valence-corrected chi connectivity index (χ1v) is 9.11. The summed E-state index contributed by atoms with van der Waals surface area (Å²) in [4.78, 5) is 24.7. The van der Waals surface area contributed by atoms with Crippen LogP contribution in [0, 0.1) is 6.92 Å². The number of aryl methyl sites for hydroxylation is 3. The number of hydrogen-bond donors (Lipinski definition) is 1. The van der Waals surface area contributed by atoms with Crippen molar-refractivity contribution in [1.82, 2.24) is 0 Å². The third-order valence-corrected chi connectivity index (χ3v) is 4.63. The van der Waals surface area contributed by atoms with Crippen molar-refractivity contribution in [2.75, 3.05) is 11.9 Å². The van der Waals surface area contributed by atoms with Crippen molar-refractivity contribution in [3.05, 3.63) is 64.9 Å². The fraction of sp³-hybridized carbons (Fsp3) is 0.273. The molecule has 5 heteroatoms. The van der Waals surface area contributed by atoms with Gasteiger partial charge in [0, 0.05) is 16.6 Å². The second-order valence-corrected chi connectivity index (χ2v) is 6.34. The van der Waals surface area contributed by atoms with Crippen molar-refractivity contribution in [3.63, 3.8) is 0 Å². The molecule has 0 saturated heterocycles. The number of carbonyl (C=O) groups excluding carboxylic acids is 2. The van der Waals surface area contributed by atoms with Crippen LogP contribution in [0.1, 0.15) is 41.1 Å². The Kier molecular flexibility index (Phi) is 5.60. The molecule has 5 nitrogen and oxygen atoms in total. The highest BCUT2D eigenvalue weighted by atomic mass is 16.5. The van der Waals surface area contributed by atoms with Crippen LogP contribution in [-0.2, 0) is 22.4 Å². The van der Waals surface area contributed by atoms with Crippen molar-refractivity contribution in [3.8, 4) is 0 Å². The second kappa shape index (κ2) is 8.08. The van der Waals surface area contributed by atoms with Gasteiger partial charge < -0.3 is 14.5 Å². The van der Waals surface area contributed by atoms with Gasteiger partial charge in [0.05, 0.1) is 0 Å². The molecule has 0 saturated carbocycles. The van der Waals surface area contributed by atoms with Gasteiger partial charge in [-0.3, -0.25) is 4.79 Å². The molecule has 1 aromatic heterocycles. The zero-order valence-electron chi connectivity index (χ0n) is 15.8. The number of esters is 1. The molecule has 0 atom stereocenters. The maximum atomic E-state index is 12.3. The molecule has 1 heterocycles. The fourth-order valence-electron chi connectivity index (χ4n) is 3.14. The Morgan fingerprint density at radius 1 is 1.00 bits per heavy atom. The van der Waals surface area contributed by atoms with Gasteiger partial charge >= 0.3 is 5.97 Å². The normalized spacial score (nSPS) is 10.8. The molecule has 0 bridgehead atoms. The van der Waals surface area contributed by atoms with E-state index in [4.69, 9.17) is 9.15 Å². The van der Waals surface area contributed by atoms with Gasteiger partial charge in [-0.05, 0) is 37.0 Å². The number of para-hydroxylation sites is 2. The number of furan rings is 1. The summed E-state index contributed by atoms with van der Waals surface area (Å²) in [6.45, 7) is 5.51. The van der Waals surface area contributed by atoms with Crippen molar-refractivity contribution >= 4 is 28.5 Å². The number of nitrogens with one attached hydrogen (secondary N) is 1. The van der Waals surface area contributed by atoms with Crippen molar-refractivity contribution in [2.45, 2.75) is 33.6 Å². The number of amides is 1. The lowest BCUT2D eigenvalue weighted by Crippen LogP contribution is -2.22. The van der Waals surface area contributed by atoms with E-state index in [1.807, 2.05) is 50.2 Å². The summed E-state index contributed by atoms with van der Waals surface area (Å²) in [6.07, 6.45) is 1.61. The Morgan fingerprint density at radius 2 is 1.67 bits per heavy atom. The van der Waals surface area contributed by atoms with Gasteiger partial charge in [-0.1, -0.05) is 50.2 Å². The maximum Gasteiger partial charge on any atom is 0.375 e. The van der Waals surface area contributed by atoms with Crippen LogP contribution in [0.3, 0.4) is 0 Å². The lowest BCUT2D eigenvalue weighted by molar-refractivity contribution is -0.119. The van der Waals surface area contributed by atoms with E-state index in [0.29, 0.717) is 11.1 Å². The number of benzene rings is 2. The number of rotatable bonds is 6. The SMILES string of the molecule is CCc1cccc(CC)c1NC(=O)COC(=O)c1oc2ccccc2c1C. The zero-order chi connectivity index (χ0) is 19.4. The zero-order valence-corrected chi connectivity index (χ0v) is 15.8. The largest absolute Gasteiger partial charge is 0.450 e. The molecule has 27 heavy (non-hydrogen) atoms. The van der Waals surface area contributed by atoms with Crippen molar-refractivity contribution in [2.24, 2.45) is 0 Å². The molecule has 1 amide bonds. The highest BCUT2D eigenvalue weighted by molar-refractivity contribution is 5.98. The lowest BCUT2D eigenvalue weighted by Gasteiger charge is -2.14. The molecule has 0 spiro atoms. The molecule has 1 N–H and O–H groups in total. The Labute approximate surface area is 158 Å². The summed E-state index contributed by atoms with van der Waals surface area (Å²) in [6, 6.07) is 13.3. The van der Waals surface area contributed by atoms with E-state index >= 15 is 0 Å². The van der Waals surface area contributed by atoms with E-state index in [1.54, 1.807) is 13.0 Å². The van der Waals surface area contributed by atoms with Crippen molar-refractivity contribution < 1.29 is 18.7 Å². The fourth-order valence-corrected chi connectivity index (χ4v) is 3.14. The molecule has 0 aliphatic carbocycles. The molecule has 0 radical (unpaired) electrons. The van der Waals surface area contributed by atoms with Gasteiger partial charge in [-0.25, -0.2) is 4.79 Å². The van der Waals surface area contributed by atoms with Gasteiger partial charge in [-0.15, -0.1) is 0 Å². The lowest BCUT2D eigenvalue weighted by atomic mass is 10.0. The Morgan fingerprint density at radius 3 is 2.30 bits per heavy atom. The van der Waals surface area contributed by atoms with Crippen LogP contribution in [0.25, 0.3) is 11.0 Å². The van der Waals surface area contributed by atoms with Gasteiger partial charge in [0.25, 0.3) is 5.91 Å². The van der Waals surface area contributed by atoms with Crippen LogP contribution in [0.15, 0.2) is 46.9 Å². The average Bonchev–Trinajstić information content (AvgIpc) is 3.03. The number of anilines is 1. The van der Waals surface area contributed by atoms with Gasteiger partial charge in [0.1, 0.15) is 5.58 Å². The van der Waals surface area contributed by atoms with Gasteiger partial charge in [-0.2, -0.15) is 0 Å². The van der Waals surface area contributed by atoms with E-state index in [-0.39, 0.29) is 18.3 Å². The summed E-state index contributed by atoms with van der Waals surface area (Å²) < 4.78 is 10.8. The molecule has 3 rings (SSSR count). The standard InChI is InChI=1S/C22H23NO4/c1-4-15-9-8-10-16(5-2)20(15)23-19(24)13-26-22(25)21-14(3)17-11-6-7-12-18(17)27-21/h6-12H,4-5,13H2,1-3H3,(H,23,24). The van der Waals surface area contributed by atoms with Gasteiger partial charge in [0.15, 0.2) is 6.61 Å². The summed E-state index contributed by atoms with van der Waals surface area (Å²) in [5.41, 5.74) is 4.25. The molecule has 2 aromatic carbocycles. The average molecular weight is 365 g/mol. The first-order valence-electron chi connectivity index (χ1n) is 9.11.